The molecule has 0 aliphatic rings. The number of nitrogens with zero attached hydrogens (tertiary/aromatic N) is 5. The van der Waals surface area contributed by atoms with E-state index in [-0.39, 0.29) is 11.8 Å². The molecule has 5 nitrogen and oxygen atoms in total. The molecule has 12 aromatic rings. The zero-order chi connectivity index (χ0) is 48.0. The number of fused-ring (bicyclic) bond motifs is 4. The molecule has 342 valence electrons. The number of pyridine rings is 1. The predicted molar refractivity (Wildman–Crippen MR) is 298 cm³/mol. The molecular formula is C66H53N5. The van der Waals surface area contributed by atoms with Gasteiger partial charge in [-0.05, 0) is 124 Å². The summed E-state index contributed by atoms with van der Waals surface area (Å²) < 4.78 is 4.74. The second kappa shape index (κ2) is 18.3. The Bertz CT molecular complexity index is 3840. The average molecular weight is 916 g/mol. The number of aromatic nitrogens is 4. The van der Waals surface area contributed by atoms with Crippen LogP contribution in [0.15, 0.2) is 237 Å². The van der Waals surface area contributed by atoms with Gasteiger partial charge in [0.2, 0.25) is 0 Å². The van der Waals surface area contributed by atoms with E-state index < -0.39 is 0 Å². The van der Waals surface area contributed by atoms with Crippen molar-refractivity contribution in [2.75, 3.05) is 4.90 Å². The van der Waals surface area contributed by atoms with Crippen molar-refractivity contribution in [1.82, 2.24) is 19.1 Å². The average Bonchev–Trinajstić information content (AvgIpc) is 3.97. The Morgan fingerprint density at radius 2 is 0.972 bits per heavy atom. The van der Waals surface area contributed by atoms with E-state index in [4.69, 9.17) is 9.97 Å². The molecule has 0 unspecified atom stereocenters. The van der Waals surface area contributed by atoms with Crippen LogP contribution in [0, 0.1) is 0 Å². The third-order valence-corrected chi connectivity index (χ3v) is 13.9. The Balaban J connectivity index is 1.06. The second-order valence-corrected chi connectivity index (χ2v) is 19.0. The van der Waals surface area contributed by atoms with Gasteiger partial charge in [-0.1, -0.05) is 185 Å². The van der Waals surface area contributed by atoms with Gasteiger partial charge in [-0.2, -0.15) is 0 Å². The van der Waals surface area contributed by atoms with Crippen molar-refractivity contribution in [1.29, 1.82) is 0 Å². The van der Waals surface area contributed by atoms with Crippen LogP contribution in [-0.2, 0) is 0 Å². The van der Waals surface area contributed by atoms with E-state index in [1.54, 1.807) is 0 Å². The molecule has 0 amide bonds. The van der Waals surface area contributed by atoms with Crippen molar-refractivity contribution in [2.45, 2.75) is 39.5 Å². The van der Waals surface area contributed by atoms with Crippen molar-refractivity contribution < 1.29 is 0 Å². The van der Waals surface area contributed by atoms with E-state index in [0.29, 0.717) is 0 Å². The van der Waals surface area contributed by atoms with Crippen LogP contribution in [0.2, 0.25) is 0 Å². The lowest BCUT2D eigenvalue weighted by Crippen LogP contribution is -2.12. The molecular weight excluding hydrogens is 863 g/mol. The summed E-state index contributed by atoms with van der Waals surface area (Å²) in [5.74, 6) is 2.24. The Morgan fingerprint density at radius 1 is 0.394 bits per heavy atom. The van der Waals surface area contributed by atoms with Gasteiger partial charge in [-0.15, -0.1) is 0 Å². The van der Waals surface area contributed by atoms with Crippen LogP contribution in [0.4, 0.5) is 17.1 Å². The SMILES string of the molecule is CC(C)c1cc(-c2ccc(-c3ccccc3)cc2)cc(C(C)C)c1-n1c(-c2cccc(N(c3ccc4c5ccccc5n(-c5ccccn5)c4c3)c3ccccc3-c3ccccc3)c2)nc2ccccc21. The normalized spacial score (nSPS) is 11.6. The molecule has 0 radical (unpaired) electrons. The molecule has 9 aromatic carbocycles. The number of para-hydroxylation sites is 4. The first-order valence-electron chi connectivity index (χ1n) is 24.7. The third kappa shape index (κ3) is 7.86. The summed E-state index contributed by atoms with van der Waals surface area (Å²) in [5.41, 5.74) is 19.3. The number of anilines is 3. The monoisotopic (exact) mass is 915 g/mol. The van der Waals surface area contributed by atoms with Crippen LogP contribution in [0.1, 0.15) is 50.7 Å². The van der Waals surface area contributed by atoms with Gasteiger partial charge in [0.15, 0.2) is 0 Å². The Labute approximate surface area is 415 Å². The summed E-state index contributed by atoms with van der Waals surface area (Å²) in [5, 5.41) is 2.36. The fourth-order valence-corrected chi connectivity index (χ4v) is 10.5. The van der Waals surface area contributed by atoms with Gasteiger partial charge in [0.1, 0.15) is 11.6 Å². The van der Waals surface area contributed by atoms with Crippen molar-refractivity contribution in [3.8, 4) is 56.3 Å². The van der Waals surface area contributed by atoms with E-state index >= 15 is 0 Å². The summed E-state index contributed by atoms with van der Waals surface area (Å²) in [7, 11) is 0. The maximum absolute atomic E-state index is 5.53. The number of rotatable bonds is 11. The summed E-state index contributed by atoms with van der Waals surface area (Å²) in [6.45, 7) is 9.27. The Kier molecular flexibility index (Phi) is 11.2. The molecule has 71 heavy (non-hydrogen) atoms. The first kappa shape index (κ1) is 43.5. The maximum atomic E-state index is 5.53. The molecule has 0 N–H and O–H groups in total. The van der Waals surface area contributed by atoms with Gasteiger partial charge < -0.3 is 4.90 Å². The predicted octanol–water partition coefficient (Wildman–Crippen LogP) is 17.9. The third-order valence-electron chi connectivity index (χ3n) is 13.9. The van der Waals surface area contributed by atoms with Crippen LogP contribution >= 0.6 is 0 Å². The van der Waals surface area contributed by atoms with Gasteiger partial charge >= 0.3 is 0 Å². The highest BCUT2D eigenvalue weighted by Gasteiger charge is 2.26. The molecule has 0 aliphatic heterocycles. The second-order valence-electron chi connectivity index (χ2n) is 19.0. The van der Waals surface area contributed by atoms with E-state index in [9.17, 15) is 0 Å². The van der Waals surface area contributed by atoms with Gasteiger partial charge in [-0.3, -0.25) is 9.13 Å². The van der Waals surface area contributed by atoms with Crippen LogP contribution in [0.3, 0.4) is 0 Å². The largest absolute Gasteiger partial charge is 0.310 e. The van der Waals surface area contributed by atoms with E-state index in [2.05, 4.69) is 266 Å². The molecule has 3 heterocycles. The number of hydrogen-bond donors (Lipinski definition) is 0. The minimum Gasteiger partial charge on any atom is -0.310 e. The molecule has 0 atom stereocenters. The molecule has 5 heteroatoms. The smallest absolute Gasteiger partial charge is 0.145 e. The first-order chi connectivity index (χ1) is 34.9. The summed E-state index contributed by atoms with van der Waals surface area (Å²) in [4.78, 5) is 12.8. The topological polar surface area (TPSA) is 38.9 Å². The molecule has 0 saturated carbocycles. The van der Waals surface area contributed by atoms with Gasteiger partial charge in [-0.25, -0.2) is 9.97 Å². The minimum absolute atomic E-state index is 0.230. The first-order valence-corrected chi connectivity index (χ1v) is 24.7. The van der Waals surface area contributed by atoms with Gasteiger partial charge in [0.05, 0.1) is 33.4 Å². The van der Waals surface area contributed by atoms with E-state index in [1.807, 2.05) is 12.3 Å². The minimum atomic E-state index is 0.230. The van der Waals surface area contributed by atoms with Gasteiger partial charge in [0.25, 0.3) is 0 Å². The highest BCUT2D eigenvalue weighted by molar-refractivity contribution is 6.10. The van der Waals surface area contributed by atoms with E-state index in [1.165, 1.54) is 49.8 Å². The maximum Gasteiger partial charge on any atom is 0.145 e. The standard InChI is InChI=1S/C66H53N5/c1-44(2)57-41-51(48-35-33-47(34-36-48)46-20-7-5-8-21-46)42-58(45(3)4)65(57)71-62-31-16-13-28-59(62)68-66(71)50-24-19-25-52(40-50)69(60-29-14-11-26-54(60)49-22-9-6-10-23-49)53-37-38-56-55-27-12-15-30-61(55)70(63(56)43-53)64-32-17-18-39-67-64/h5-45H,1-4H3. The summed E-state index contributed by atoms with van der Waals surface area (Å²) in [6, 6.07) is 83.1. The van der Waals surface area contributed by atoms with Crippen LogP contribution in [-0.4, -0.2) is 19.1 Å². The number of benzene rings is 9. The lowest BCUT2D eigenvalue weighted by Gasteiger charge is -2.29. The Hall–Kier alpha value is -8.80. The van der Waals surface area contributed by atoms with E-state index in [0.717, 1.165) is 67.5 Å². The van der Waals surface area contributed by atoms with Crippen molar-refractivity contribution in [2.24, 2.45) is 0 Å². The van der Waals surface area contributed by atoms with Crippen LogP contribution < -0.4 is 4.90 Å². The van der Waals surface area contributed by atoms with Crippen molar-refractivity contribution in [3.63, 3.8) is 0 Å². The summed E-state index contributed by atoms with van der Waals surface area (Å²) in [6.07, 6.45) is 1.87. The van der Waals surface area contributed by atoms with Gasteiger partial charge in [0, 0.05) is 39.5 Å². The molecule has 0 bridgehead atoms. The van der Waals surface area contributed by atoms with Crippen LogP contribution in [0.25, 0.3) is 89.1 Å². The molecule has 0 saturated heterocycles. The fraction of sp³-hybridized carbons (Fsp3) is 0.0909. The van der Waals surface area contributed by atoms with Crippen molar-refractivity contribution in [3.05, 3.63) is 248 Å². The number of imidazole rings is 1. The fourth-order valence-electron chi connectivity index (χ4n) is 10.5. The number of hydrogen-bond acceptors (Lipinski definition) is 3. The molecule has 0 spiro atoms. The lowest BCUT2D eigenvalue weighted by atomic mass is 9.87. The molecule has 0 aliphatic carbocycles. The highest BCUT2D eigenvalue weighted by Crippen LogP contribution is 2.46. The zero-order valence-corrected chi connectivity index (χ0v) is 40.4. The molecule has 3 aromatic heterocycles. The highest BCUT2D eigenvalue weighted by atomic mass is 15.2. The zero-order valence-electron chi connectivity index (χ0n) is 40.4. The quantitative estimate of drug-likeness (QED) is 0.130. The molecule has 12 rings (SSSR count). The molecule has 0 fully saturated rings. The Morgan fingerprint density at radius 3 is 1.69 bits per heavy atom. The summed E-state index contributed by atoms with van der Waals surface area (Å²) >= 11 is 0. The lowest BCUT2D eigenvalue weighted by molar-refractivity contribution is 0.811. The van der Waals surface area contributed by atoms with Crippen LogP contribution in [0.5, 0.6) is 0 Å². The van der Waals surface area contributed by atoms with Crippen molar-refractivity contribution >= 4 is 49.9 Å².